The molecule has 4 nitrogen and oxygen atoms in total. The van der Waals surface area contributed by atoms with Gasteiger partial charge >= 0.3 is 24.1 Å². The molecule has 124 valence electrons. The number of alkyl halides is 6. The van der Waals surface area contributed by atoms with Crippen LogP contribution in [0.15, 0.2) is 24.3 Å². The smallest absolute Gasteiger partial charge is 0.344 e. The molecule has 0 unspecified atom stereocenters. The third-order valence-corrected chi connectivity index (χ3v) is 2.71. The molecule has 0 radical (unpaired) electrons. The Balaban J connectivity index is 3.03. The zero-order valence-electron chi connectivity index (χ0n) is 10.8. The Hall–Kier alpha value is -1.68. The average molecular weight is 351 g/mol. The molecule has 1 aromatic carbocycles. The first-order valence-electron chi connectivity index (χ1n) is 5.46. The number of hydrogen-bond donors (Lipinski definition) is 2. The summed E-state index contributed by atoms with van der Waals surface area (Å²) in [7, 11) is 0.181. The fourth-order valence-corrected chi connectivity index (χ4v) is 1.66. The molecule has 0 aliphatic heterocycles. The monoisotopic (exact) mass is 350 g/mol. The van der Waals surface area contributed by atoms with E-state index in [9.17, 15) is 31.1 Å². The Kier molecular flexibility index (Phi) is 5.18. The summed E-state index contributed by atoms with van der Waals surface area (Å²) in [6.45, 7) is 0. The molecule has 0 aromatic heterocycles. The predicted molar refractivity (Wildman–Crippen MR) is 65.5 cm³/mol. The topological polar surface area (TPSA) is 50.4 Å². The molecule has 22 heavy (non-hydrogen) atoms. The summed E-state index contributed by atoms with van der Waals surface area (Å²) in [5, 5.41) is 2.69. The maximum atomic E-state index is 12.7. The number of methoxy groups -OCH3 is 1. The van der Waals surface area contributed by atoms with Crippen LogP contribution in [0.4, 0.5) is 36.8 Å². The summed E-state index contributed by atoms with van der Waals surface area (Å²) < 4.78 is 79.9. The number of carbonyl (C=O) groups excluding carboxylic acids is 1. The van der Waals surface area contributed by atoms with E-state index in [1.807, 2.05) is 0 Å². The van der Waals surface area contributed by atoms with Crippen LogP contribution in [-0.2, 0) is 4.74 Å². The van der Waals surface area contributed by atoms with Crippen LogP contribution in [-0.4, -0.2) is 31.2 Å². The van der Waals surface area contributed by atoms with Crippen molar-refractivity contribution in [1.29, 1.82) is 0 Å². The quantitative estimate of drug-likeness (QED) is 0.641. The molecule has 0 heterocycles. The number of anilines is 1. The fraction of sp³-hybridized carbons (Fsp3) is 0.364. The molecule has 1 aromatic rings. The van der Waals surface area contributed by atoms with E-state index in [-0.39, 0.29) is 17.8 Å². The first-order chi connectivity index (χ1) is 9.93. The van der Waals surface area contributed by atoms with Gasteiger partial charge in [0.1, 0.15) is 0 Å². The highest BCUT2D eigenvalue weighted by atomic mass is 35.5. The van der Waals surface area contributed by atoms with E-state index in [4.69, 9.17) is 11.6 Å². The number of rotatable bonds is 3. The van der Waals surface area contributed by atoms with Gasteiger partial charge in [-0.15, -0.1) is 0 Å². The van der Waals surface area contributed by atoms with Crippen molar-refractivity contribution in [2.75, 3.05) is 12.4 Å². The second kappa shape index (κ2) is 6.21. The van der Waals surface area contributed by atoms with Crippen LogP contribution >= 0.6 is 11.6 Å². The number of urea groups is 1. The van der Waals surface area contributed by atoms with Crippen molar-refractivity contribution in [3.8, 4) is 0 Å². The molecule has 0 spiro atoms. The zero-order chi connectivity index (χ0) is 17.2. The Morgan fingerprint density at radius 2 is 1.68 bits per heavy atom. The summed E-state index contributed by atoms with van der Waals surface area (Å²) in [6.07, 6.45) is -11.8. The van der Waals surface area contributed by atoms with Crippen molar-refractivity contribution >= 4 is 23.3 Å². The van der Waals surface area contributed by atoms with Crippen molar-refractivity contribution in [1.82, 2.24) is 5.32 Å². The molecule has 1 rings (SSSR count). The molecule has 0 aliphatic carbocycles. The van der Waals surface area contributed by atoms with Gasteiger partial charge in [-0.05, 0) is 18.2 Å². The molecule has 2 N–H and O–H groups in total. The van der Waals surface area contributed by atoms with Gasteiger partial charge in [0.2, 0.25) is 0 Å². The lowest BCUT2D eigenvalue weighted by Gasteiger charge is -2.35. The average Bonchev–Trinajstić information content (AvgIpc) is 2.32. The minimum Gasteiger partial charge on any atom is -0.344 e. The van der Waals surface area contributed by atoms with Crippen molar-refractivity contribution < 1.29 is 35.9 Å². The number of halogens is 7. The Morgan fingerprint density at radius 3 is 2.09 bits per heavy atom. The minimum absolute atomic E-state index is 0.0978. The van der Waals surface area contributed by atoms with Crippen LogP contribution in [0.5, 0.6) is 0 Å². The van der Waals surface area contributed by atoms with E-state index in [0.29, 0.717) is 0 Å². The van der Waals surface area contributed by atoms with Crippen LogP contribution in [0.2, 0.25) is 5.02 Å². The summed E-state index contributed by atoms with van der Waals surface area (Å²) in [6, 6.07) is 3.33. The van der Waals surface area contributed by atoms with E-state index >= 15 is 0 Å². The van der Waals surface area contributed by atoms with Crippen molar-refractivity contribution in [2.24, 2.45) is 0 Å². The predicted octanol–water partition coefficient (Wildman–Crippen LogP) is 3.93. The molecule has 0 fully saturated rings. The molecule has 0 saturated carbocycles. The molecular weight excluding hydrogens is 342 g/mol. The van der Waals surface area contributed by atoms with Crippen LogP contribution in [0.1, 0.15) is 0 Å². The molecule has 0 atom stereocenters. The summed E-state index contributed by atoms with van der Waals surface area (Å²) >= 11 is 5.58. The van der Waals surface area contributed by atoms with E-state index in [2.05, 4.69) is 4.74 Å². The number of carbonyl (C=O) groups is 1. The third-order valence-electron chi connectivity index (χ3n) is 2.48. The van der Waals surface area contributed by atoms with Gasteiger partial charge < -0.3 is 10.1 Å². The normalized spacial score (nSPS) is 12.9. The maximum absolute atomic E-state index is 12.7. The second-order valence-corrected chi connectivity index (χ2v) is 4.41. The lowest BCUT2D eigenvalue weighted by molar-refractivity contribution is -0.381. The van der Waals surface area contributed by atoms with Crippen LogP contribution in [0, 0.1) is 0 Å². The highest BCUT2D eigenvalue weighted by molar-refractivity contribution is 6.30. The number of hydrogen-bond acceptors (Lipinski definition) is 2. The largest absolute Gasteiger partial charge is 0.446 e. The van der Waals surface area contributed by atoms with Gasteiger partial charge in [-0.2, -0.15) is 26.3 Å². The SMILES string of the molecule is COC(NC(=O)Nc1cccc(Cl)c1)(C(F)(F)F)C(F)(F)F. The van der Waals surface area contributed by atoms with Gasteiger partial charge in [0.15, 0.2) is 0 Å². The number of amides is 2. The van der Waals surface area contributed by atoms with Crippen molar-refractivity contribution in [3.63, 3.8) is 0 Å². The lowest BCUT2D eigenvalue weighted by atomic mass is 10.2. The second-order valence-electron chi connectivity index (χ2n) is 3.97. The van der Waals surface area contributed by atoms with Gasteiger partial charge in [-0.25, -0.2) is 4.79 Å². The van der Waals surface area contributed by atoms with E-state index in [1.165, 1.54) is 18.2 Å². The first-order valence-corrected chi connectivity index (χ1v) is 5.84. The summed E-state index contributed by atoms with van der Waals surface area (Å²) in [4.78, 5) is 11.4. The minimum atomic E-state index is -5.92. The lowest BCUT2D eigenvalue weighted by Crippen LogP contribution is -2.69. The summed E-state index contributed by atoms with van der Waals surface area (Å²) in [5.41, 5.74) is -4.93. The molecule has 0 saturated heterocycles. The standard InChI is InChI=1S/C11H9ClF6N2O2/c1-22-9(10(13,14)15,11(16,17)18)20-8(21)19-7-4-2-3-6(12)5-7/h2-5H,1H3,(H2,19,20,21). The number of nitrogens with one attached hydrogen (secondary N) is 2. The van der Waals surface area contributed by atoms with Gasteiger partial charge in [0.25, 0.3) is 0 Å². The van der Waals surface area contributed by atoms with Crippen LogP contribution in [0.25, 0.3) is 0 Å². The van der Waals surface area contributed by atoms with Crippen LogP contribution < -0.4 is 10.6 Å². The van der Waals surface area contributed by atoms with E-state index < -0.39 is 24.1 Å². The highest BCUT2D eigenvalue weighted by Gasteiger charge is 2.73. The molecule has 2 amide bonds. The van der Waals surface area contributed by atoms with E-state index in [0.717, 1.165) is 11.4 Å². The van der Waals surface area contributed by atoms with Crippen molar-refractivity contribution in [3.05, 3.63) is 29.3 Å². The Labute approximate surface area is 125 Å². The van der Waals surface area contributed by atoms with Crippen molar-refractivity contribution in [2.45, 2.75) is 18.1 Å². The van der Waals surface area contributed by atoms with Gasteiger partial charge in [-0.1, -0.05) is 17.7 Å². The fourth-order valence-electron chi connectivity index (χ4n) is 1.47. The number of ether oxygens (including phenoxy) is 1. The van der Waals surface area contributed by atoms with Crippen LogP contribution in [0.3, 0.4) is 0 Å². The first kappa shape index (κ1) is 18.4. The molecule has 0 bridgehead atoms. The third kappa shape index (κ3) is 3.74. The zero-order valence-corrected chi connectivity index (χ0v) is 11.5. The van der Waals surface area contributed by atoms with E-state index in [1.54, 1.807) is 5.32 Å². The van der Waals surface area contributed by atoms with Gasteiger partial charge in [-0.3, -0.25) is 5.32 Å². The molecular formula is C11H9ClF6N2O2. The maximum Gasteiger partial charge on any atom is 0.446 e. The number of benzene rings is 1. The van der Waals surface area contributed by atoms with Gasteiger partial charge in [0.05, 0.1) is 0 Å². The molecule has 11 heteroatoms. The summed E-state index contributed by atoms with van der Waals surface area (Å²) in [5.74, 6) is 0. The molecule has 0 aliphatic rings. The van der Waals surface area contributed by atoms with Gasteiger partial charge in [0, 0.05) is 17.8 Å². The highest BCUT2D eigenvalue weighted by Crippen LogP contribution is 2.43. The Morgan fingerprint density at radius 1 is 1.14 bits per heavy atom. The Bertz CT molecular complexity index is 532.